The summed E-state index contributed by atoms with van der Waals surface area (Å²) in [5.41, 5.74) is 0.298. The molecule has 0 aliphatic carbocycles. The number of aromatic nitrogens is 2. The molecule has 3 heteroatoms. The zero-order chi connectivity index (χ0) is 9.19. The van der Waals surface area contributed by atoms with Crippen LogP contribution >= 0.6 is 0 Å². The van der Waals surface area contributed by atoms with Gasteiger partial charge in [0.05, 0.1) is 0 Å². The van der Waals surface area contributed by atoms with Crippen molar-refractivity contribution in [2.24, 2.45) is 5.41 Å². The highest BCUT2D eigenvalue weighted by molar-refractivity contribution is 5.24. The molecule has 0 aliphatic heterocycles. The highest BCUT2D eigenvalue weighted by Gasteiger charge is 2.12. The fraction of sp³-hybridized carbons (Fsp3) is 0.667. The molecular formula is C9H17N3. The molecule has 0 saturated carbocycles. The predicted octanol–water partition coefficient (Wildman–Crippen LogP) is 1.97. The molecule has 12 heavy (non-hydrogen) atoms. The largest absolute Gasteiger partial charge is 0.359 e. The zero-order valence-corrected chi connectivity index (χ0v) is 8.26. The third-order valence-electron chi connectivity index (χ3n) is 1.58. The second-order valence-corrected chi connectivity index (χ2v) is 4.19. The fourth-order valence-corrected chi connectivity index (χ4v) is 1.18. The van der Waals surface area contributed by atoms with Gasteiger partial charge in [-0.2, -0.15) is 0 Å². The van der Waals surface area contributed by atoms with Crippen molar-refractivity contribution in [3.05, 3.63) is 12.4 Å². The molecular weight excluding hydrogens is 150 g/mol. The Balaban J connectivity index is 2.75. The molecule has 1 heterocycles. The van der Waals surface area contributed by atoms with E-state index in [9.17, 15) is 0 Å². The summed E-state index contributed by atoms with van der Waals surface area (Å²) in [5, 5.41) is 3.05. The second-order valence-electron chi connectivity index (χ2n) is 4.19. The lowest BCUT2D eigenvalue weighted by atomic mass is 9.97. The molecule has 0 aromatic carbocycles. The molecule has 0 aliphatic rings. The minimum atomic E-state index is 0.298. The van der Waals surface area contributed by atoms with Crippen LogP contribution in [0.4, 0.5) is 5.95 Å². The van der Waals surface area contributed by atoms with Crippen LogP contribution in [-0.2, 0) is 6.54 Å². The van der Waals surface area contributed by atoms with Gasteiger partial charge in [0.1, 0.15) is 0 Å². The van der Waals surface area contributed by atoms with Crippen molar-refractivity contribution >= 4 is 5.95 Å². The number of rotatable bonds is 2. The van der Waals surface area contributed by atoms with Gasteiger partial charge in [-0.05, 0) is 5.41 Å². The van der Waals surface area contributed by atoms with E-state index >= 15 is 0 Å². The van der Waals surface area contributed by atoms with Crippen molar-refractivity contribution in [1.29, 1.82) is 0 Å². The Bertz CT molecular complexity index is 245. The summed E-state index contributed by atoms with van der Waals surface area (Å²) in [6, 6.07) is 0. The first-order chi connectivity index (χ1) is 5.53. The van der Waals surface area contributed by atoms with Crippen LogP contribution in [0.3, 0.4) is 0 Å². The summed E-state index contributed by atoms with van der Waals surface area (Å²) in [6.07, 6.45) is 3.81. The molecule has 0 radical (unpaired) electrons. The lowest BCUT2D eigenvalue weighted by Crippen LogP contribution is -2.16. The van der Waals surface area contributed by atoms with Crippen molar-refractivity contribution in [1.82, 2.24) is 9.55 Å². The van der Waals surface area contributed by atoms with Crippen molar-refractivity contribution in [3.63, 3.8) is 0 Å². The summed E-state index contributed by atoms with van der Waals surface area (Å²) >= 11 is 0. The van der Waals surface area contributed by atoms with E-state index in [-0.39, 0.29) is 0 Å². The van der Waals surface area contributed by atoms with Gasteiger partial charge in [0.2, 0.25) is 5.95 Å². The molecule has 0 atom stereocenters. The normalized spacial score (nSPS) is 11.7. The highest BCUT2D eigenvalue weighted by atomic mass is 15.2. The lowest BCUT2D eigenvalue weighted by Gasteiger charge is -2.19. The molecule has 1 aromatic rings. The Morgan fingerprint density at radius 3 is 2.67 bits per heavy atom. The van der Waals surface area contributed by atoms with Crippen LogP contribution in [0.1, 0.15) is 20.8 Å². The highest BCUT2D eigenvalue weighted by Crippen LogP contribution is 2.18. The van der Waals surface area contributed by atoms with Crippen LogP contribution in [0.15, 0.2) is 12.4 Å². The number of nitrogens with zero attached hydrogens (tertiary/aromatic N) is 2. The van der Waals surface area contributed by atoms with Gasteiger partial charge in [0, 0.05) is 26.0 Å². The number of hydrogen-bond donors (Lipinski definition) is 1. The monoisotopic (exact) mass is 167 g/mol. The summed E-state index contributed by atoms with van der Waals surface area (Å²) in [5.74, 6) is 0.935. The van der Waals surface area contributed by atoms with E-state index in [1.807, 2.05) is 19.4 Å². The topological polar surface area (TPSA) is 29.9 Å². The molecule has 0 spiro atoms. The Morgan fingerprint density at radius 1 is 1.50 bits per heavy atom. The smallest absolute Gasteiger partial charge is 0.202 e. The summed E-state index contributed by atoms with van der Waals surface area (Å²) in [4.78, 5) is 4.17. The first kappa shape index (κ1) is 9.10. The standard InChI is InChI=1S/C9H17N3/c1-9(2,3)7-12-6-5-11-8(12)10-4/h5-6H,7H2,1-4H3,(H,10,11). The number of anilines is 1. The molecule has 0 unspecified atom stereocenters. The van der Waals surface area contributed by atoms with Crippen molar-refractivity contribution in [2.75, 3.05) is 12.4 Å². The van der Waals surface area contributed by atoms with E-state index in [0.717, 1.165) is 12.5 Å². The van der Waals surface area contributed by atoms with Crippen LogP contribution in [0.5, 0.6) is 0 Å². The van der Waals surface area contributed by atoms with Crippen LogP contribution in [0.2, 0.25) is 0 Å². The van der Waals surface area contributed by atoms with Gasteiger partial charge in [0.15, 0.2) is 0 Å². The lowest BCUT2D eigenvalue weighted by molar-refractivity contribution is 0.346. The van der Waals surface area contributed by atoms with Crippen LogP contribution in [0, 0.1) is 5.41 Å². The maximum atomic E-state index is 4.17. The predicted molar refractivity (Wildman–Crippen MR) is 51.2 cm³/mol. The molecule has 68 valence electrons. The molecule has 1 rings (SSSR count). The summed E-state index contributed by atoms with van der Waals surface area (Å²) in [6.45, 7) is 7.63. The van der Waals surface area contributed by atoms with Crippen LogP contribution in [-0.4, -0.2) is 16.6 Å². The minimum absolute atomic E-state index is 0.298. The third kappa shape index (κ3) is 2.26. The van der Waals surface area contributed by atoms with Crippen molar-refractivity contribution in [2.45, 2.75) is 27.3 Å². The van der Waals surface area contributed by atoms with Crippen molar-refractivity contribution < 1.29 is 0 Å². The van der Waals surface area contributed by atoms with Gasteiger partial charge in [-0.25, -0.2) is 4.98 Å². The Labute approximate surface area is 73.8 Å². The SMILES string of the molecule is CNc1nccn1CC(C)(C)C. The van der Waals surface area contributed by atoms with Gasteiger partial charge < -0.3 is 9.88 Å². The van der Waals surface area contributed by atoms with Crippen LogP contribution in [0.25, 0.3) is 0 Å². The summed E-state index contributed by atoms with van der Waals surface area (Å²) < 4.78 is 2.12. The van der Waals surface area contributed by atoms with Gasteiger partial charge >= 0.3 is 0 Å². The molecule has 0 bridgehead atoms. The quantitative estimate of drug-likeness (QED) is 0.729. The number of imidazole rings is 1. The molecule has 0 fully saturated rings. The molecule has 1 N–H and O–H groups in total. The average molecular weight is 167 g/mol. The second kappa shape index (κ2) is 3.17. The van der Waals surface area contributed by atoms with Crippen LogP contribution < -0.4 is 5.32 Å². The fourth-order valence-electron chi connectivity index (χ4n) is 1.18. The zero-order valence-electron chi connectivity index (χ0n) is 8.26. The maximum Gasteiger partial charge on any atom is 0.202 e. The Hall–Kier alpha value is -0.990. The third-order valence-corrected chi connectivity index (χ3v) is 1.58. The number of nitrogens with one attached hydrogen (secondary N) is 1. The van der Waals surface area contributed by atoms with E-state index in [4.69, 9.17) is 0 Å². The summed E-state index contributed by atoms with van der Waals surface area (Å²) in [7, 11) is 1.89. The average Bonchev–Trinajstić information content (AvgIpc) is 2.31. The minimum Gasteiger partial charge on any atom is -0.359 e. The molecule has 1 aromatic heterocycles. The van der Waals surface area contributed by atoms with Gasteiger partial charge in [-0.3, -0.25) is 0 Å². The molecule has 0 amide bonds. The van der Waals surface area contributed by atoms with E-state index in [1.165, 1.54) is 0 Å². The number of hydrogen-bond acceptors (Lipinski definition) is 2. The molecule has 3 nitrogen and oxygen atoms in total. The first-order valence-electron chi connectivity index (χ1n) is 4.22. The molecule has 0 saturated heterocycles. The van der Waals surface area contributed by atoms with Gasteiger partial charge in [-0.1, -0.05) is 20.8 Å². The Kier molecular flexibility index (Phi) is 2.40. The van der Waals surface area contributed by atoms with E-state index in [0.29, 0.717) is 5.41 Å². The van der Waals surface area contributed by atoms with Gasteiger partial charge in [0.25, 0.3) is 0 Å². The first-order valence-corrected chi connectivity index (χ1v) is 4.22. The van der Waals surface area contributed by atoms with Crippen molar-refractivity contribution in [3.8, 4) is 0 Å². The van der Waals surface area contributed by atoms with E-state index in [1.54, 1.807) is 0 Å². The van der Waals surface area contributed by atoms with E-state index in [2.05, 4.69) is 35.6 Å². The van der Waals surface area contributed by atoms with E-state index < -0.39 is 0 Å². The van der Waals surface area contributed by atoms with Gasteiger partial charge in [-0.15, -0.1) is 0 Å². The Morgan fingerprint density at radius 2 is 2.17 bits per heavy atom. The maximum absolute atomic E-state index is 4.17.